The number of nitrogens with one attached hydrogen (secondary N) is 1. The summed E-state index contributed by atoms with van der Waals surface area (Å²) in [6, 6.07) is 13.9. The lowest BCUT2D eigenvalue weighted by molar-refractivity contribution is -0.115. The molecule has 0 bridgehead atoms. The lowest BCUT2D eigenvalue weighted by atomic mass is 10.1. The zero-order valence-electron chi connectivity index (χ0n) is 19.7. The Morgan fingerprint density at radius 2 is 2.00 bits per heavy atom. The van der Waals surface area contributed by atoms with Crippen LogP contribution in [-0.4, -0.2) is 41.0 Å². The topological polar surface area (TPSA) is 103 Å². The number of carbonyl (C=O) groups is 2. The Morgan fingerprint density at radius 1 is 1.22 bits per heavy atom. The van der Waals surface area contributed by atoms with Gasteiger partial charge in [-0.1, -0.05) is 29.3 Å². The van der Waals surface area contributed by atoms with Crippen LogP contribution in [0, 0.1) is 24.1 Å². The van der Waals surface area contributed by atoms with Gasteiger partial charge in [0.2, 0.25) is 5.91 Å². The highest BCUT2D eigenvalue weighted by atomic mass is 35.5. The Hall–Kier alpha value is -3.64. The summed E-state index contributed by atoms with van der Waals surface area (Å²) in [5.74, 6) is -1.64. The van der Waals surface area contributed by atoms with Crippen molar-refractivity contribution in [2.45, 2.75) is 25.9 Å². The van der Waals surface area contributed by atoms with Crippen LogP contribution >= 0.6 is 23.2 Å². The number of ether oxygens (including phenoxy) is 1. The first-order valence-corrected chi connectivity index (χ1v) is 12.1. The summed E-state index contributed by atoms with van der Waals surface area (Å²) in [5.41, 5.74) is 1.88. The van der Waals surface area contributed by atoms with Gasteiger partial charge in [-0.05, 0) is 61.4 Å². The number of aryl methyl sites for hydroxylation is 1. The molecule has 0 aliphatic carbocycles. The number of rotatable bonds is 6. The Bertz CT molecular complexity index is 1420. The first kappa shape index (κ1) is 26.4. The van der Waals surface area contributed by atoms with Crippen LogP contribution in [-0.2, 0) is 11.2 Å². The lowest BCUT2D eigenvalue weighted by Crippen LogP contribution is -2.29. The van der Waals surface area contributed by atoms with Gasteiger partial charge in [0.25, 0.3) is 5.91 Å². The smallest absolute Gasteiger partial charge is 0.253 e. The summed E-state index contributed by atoms with van der Waals surface area (Å²) in [4.78, 5) is 27.0. The Morgan fingerprint density at radius 3 is 2.68 bits per heavy atom. The molecule has 1 atom stereocenters. The van der Waals surface area contributed by atoms with E-state index in [9.17, 15) is 14.7 Å². The molecule has 1 heterocycles. The quantitative estimate of drug-likeness (QED) is 0.429. The normalized spacial score (nSPS) is 14.8. The summed E-state index contributed by atoms with van der Waals surface area (Å²) >= 11 is 12.1. The molecule has 2 amide bonds. The third-order valence-electron chi connectivity index (χ3n) is 5.90. The summed E-state index contributed by atoms with van der Waals surface area (Å²) in [5, 5.41) is 21.7. The molecule has 7 nitrogen and oxygen atoms in total. The Kier molecular flexibility index (Phi) is 7.98. The van der Waals surface area contributed by atoms with Crippen molar-refractivity contribution in [2.75, 3.05) is 18.4 Å². The Labute approximate surface area is 223 Å². The molecule has 0 radical (unpaired) electrons. The van der Waals surface area contributed by atoms with Crippen LogP contribution in [0.4, 0.5) is 10.1 Å². The number of amides is 2. The van der Waals surface area contributed by atoms with Gasteiger partial charge in [0.1, 0.15) is 5.75 Å². The number of hydrogen-bond donors (Lipinski definition) is 2. The molecule has 3 aromatic rings. The molecule has 190 valence electrons. The van der Waals surface area contributed by atoms with Crippen molar-refractivity contribution in [2.24, 2.45) is 0 Å². The van der Waals surface area contributed by atoms with E-state index in [-0.39, 0.29) is 45.0 Å². The Balaban J connectivity index is 1.47. The minimum atomic E-state index is -0.813. The van der Waals surface area contributed by atoms with Crippen LogP contribution in [0.25, 0.3) is 0 Å². The van der Waals surface area contributed by atoms with E-state index in [1.165, 1.54) is 30.3 Å². The average molecular weight is 542 g/mol. The van der Waals surface area contributed by atoms with E-state index in [0.717, 1.165) is 0 Å². The molecule has 4 rings (SSSR count). The van der Waals surface area contributed by atoms with E-state index in [1.54, 1.807) is 30.0 Å². The molecule has 0 unspecified atom stereocenters. The van der Waals surface area contributed by atoms with Gasteiger partial charge in [-0.3, -0.25) is 9.59 Å². The second-order valence-corrected chi connectivity index (χ2v) is 9.53. The molecule has 1 fully saturated rings. The van der Waals surface area contributed by atoms with E-state index < -0.39 is 17.8 Å². The van der Waals surface area contributed by atoms with E-state index in [1.807, 2.05) is 6.07 Å². The first-order valence-electron chi connectivity index (χ1n) is 11.4. The van der Waals surface area contributed by atoms with Crippen molar-refractivity contribution in [3.05, 3.63) is 86.6 Å². The zero-order valence-corrected chi connectivity index (χ0v) is 21.2. The third-order valence-corrected chi connectivity index (χ3v) is 6.41. The predicted octanol–water partition coefficient (Wildman–Crippen LogP) is 5.49. The third kappa shape index (κ3) is 6.20. The number of halogens is 3. The average Bonchev–Trinajstić information content (AvgIpc) is 3.30. The van der Waals surface area contributed by atoms with Gasteiger partial charge in [0.05, 0.1) is 29.2 Å². The molecule has 0 aromatic heterocycles. The maximum absolute atomic E-state index is 15.3. The van der Waals surface area contributed by atoms with Gasteiger partial charge >= 0.3 is 0 Å². The molecule has 2 N–H and O–H groups in total. The molecule has 10 heteroatoms. The second kappa shape index (κ2) is 11.2. The molecular weight excluding hydrogens is 520 g/mol. The number of benzene rings is 3. The summed E-state index contributed by atoms with van der Waals surface area (Å²) in [7, 11) is 0. The minimum Gasteiger partial charge on any atom is -0.453 e. The van der Waals surface area contributed by atoms with Crippen LogP contribution in [0.5, 0.6) is 11.5 Å². The summed E-state index contributed by atoms with van der Waals surface area (Å²) < 4.78 is 20.8. The number of nitriles is 1. The fourth-order valence-electron chi connectivity index (χ4n) is 4.02. The molecule has 37 heavy (non-hydrogen) atoms. The van der Waals surface area contributed by atoms with Gasteiger partial charge < -0.3 is 20.1 Å². The molecule has 1 aliphatic rings. The van der Waals surface area contributed by atoms with E-state index in [0.29, 0.717) is 36.3 Å². The van der Waals surface area contributed by atoms with E-state index in [4.69, 9.17) is 33.2 Å². The molecular formula is C27H22Cl2FN3O4. The van der Waals surface area contributed by atoms with Gasteiger partial charge in [-0.2, -0.15) is 5.26 Å². The van der Waals surface area contributed by atoms with Crippen molar-refractivity contribution < 1.29 is 23.8 Å². The van der Waals surface area contributed by atoms with Crippen LogP contribution in [0.3, 0.4) is 0 Å². The van der Waals surface area contributed by atoms with E-state index in [2.05, 4.69) is 5.32 Å². The van der Waals surface area contributed by atoms with Crippen molar-refractivity contribution in [1.82, 2.24) is 4.90 Å². The second-order valence-electron chi connectivity index (χ2n) is 8.69. The molecule has 1 aliphatic heterocycles. The van der Waals surface area contributed by atoms with Gasteiger partial charge in [-0.25, -0.2) is 4.39 Å². The number of aliphatic hydroxyl groups excluding tert-OH is 1. The highest BCUT2D eigenvalue weighted by molar-refractivity contribution is 6.32. The monoisotopic (exact) mass is 541 g/mol. The fraction of sp³-hybridized carbons (Fsp3) is 0.222. The highest BCUT2D eigenvalue weighted by Crippen LogP contribution is 2.35. The van der Waals surface area contributed by atoms with Crippen LogP contribution in [0.15, 0.2) is 48.5 Å². The van der Waals surface area contributed by atoms with Gasteiger partial charge in [-0.15, -0.1) is 0 Å². The number of carbonyl (C=O) groups excluding carboxylic acids is 2. The first-order chi connectivity index (χ1) is 17.6. The number of likely N-dealkylation sites (tertiary alicyclic amines) is 1. The molecule has 1 saturated heterocycles. The largest absolute Gasteiger partial charge is 0.453 e. The van der Waals surface area contributed by atoms with Gasteiger partial charge in [0, 0.05) is 34.9 Å². The number of nitrogens with zero attached hydrogens (tertiary/aromatic N) is 2. The minimum absolute atomic E-state index is 0.0123. The zero-order chi connectivity index (χ0) is 26.7. The van der Waals surface area contributed by atoms with Crippen molar-refractivity contribution in [3.63, 3.8) is 0 Å². The number of anilines is 1. The van der Waals surface area contributed by atoms with Crippen LogP contribution in [0.1, 0.15) is 33.5 Å². The summed E-state index contributed by atoms with van der Waals surface area (Å²) in [6.45, 7) is 2.54. The SMILES string of the molecule is Cc1cc(C(=O)N2CC[C@@H](O)C2)ccc1NC(=O)Cc1ccc(Cl)c(Oc2cc(Cl)cc(C#N)c2)c1F. The van der Waals surface area contributed by atoms with Crippen molar-refractivity contribution >= 4 is 40.7 Å². The molecule has 0 saturated carbocycles. The standard InChI is InChI=1S/C27H22Cl2FN3O4/c1-15-8-18(27(36)33-7-6-20(34)14-33)3-5-23(15)32-24(35)11-17-2-4-22(29)26(25(17)30)37-21-10-16(13-31)9-19(28)12-21/h2-5,8-10,12,20,34H,6-7,11,14H2,1H3,(H,32,35)/t20-/m1/s1. The fourth-order valence-corrected chi connectivity index (χ4v) is 4.43. The summed E-state index contributed by atoms with van der Waals surface area (Å²) in [6.07, 6.45) is -0.264. The van der Waals surface area contributed by atoms with E-state index >= 15 is 4.39 Å². The lowest BCUT2D eigenvalue weighted by Gasteiger charge is -2.17. The van der Waals surface area contributed by atoms with Crippen molar-refractivity contribution in [1.29, 1.82) is 5.26 Å². The van der Waals surface area contributed by atoms with Gasteiger partial charge in [0.15, 0.2) is 11.6 Å². The predicted molar refractivity (Wildman–Crippen MR) is 138 cm³/mol. The highest BCUT2D eigenvalue weighted by Gasteiger charge is 2.25. The van der Waals surface area contributed by atoms with Crippen LogP contribution in [0.2, 0.25) is 10.0 Å². The number of aliphatic hydroxyl groups is 1. The van der Waals surface area contributed by atoms with Crippen LogP contribution < -0.4 is 10.1 Å². The molecule has 0 spiro atoms. The number of β-amino-alcohol motifs (C(OH)–C–C–N with tert-alkyl or cyclic N) is 1. The maximum Gasteiger partial charge on any atom is 0.253 e. The maximum atomic E-state index is 15.3. The molecule has 3 aromatic carbocycles. The van der Waals surface area contributed by atoms with Crippen molar-refractivity contribution in [3.8, 4) is 17.6 Å². The number of hydrogen-bond acceptors (Lipinski definition) is 5.